The number of methoxy groups -OCH3 is 1. The Balaban J connectivity index is 1.32. The van der Waals surface area contributed by atoms with Gasteiger partial charge in [-0.25, -0.2) is 14.5 Å². The minimum Gasteiger partial charge on any atom is -0.481 e. The van der Waals surface area contributed by atoms with Gasteiger partial charge in [0.2, 0.25) is 5.88 Å². The number of hydrogen-bond acceptors (Lipinski definition) is 7. The molecule has 5 heterocycles. The molecule has 0 aliphatic carbocycles. The van der Waals surface area contributed by atoms with Gasteiger partial charge in [0.25, 0.3) is 0 Å². The highest BCUT2D eigenvalue weighted by Gasteiger charge is 2.25. The first kappa shape index (κ1) is 19.3. The third kappa shape index (κ3) is 3.97. The summed E-state index contributed by atoms with van der Waals surface area (Å²) in [5.41, 5.74) is 3.21. The molecule has 3 aromatic rings. The zero-order chi connectivity index (χ0) is 20.3. The number of piperidine rings is 1. The van der Waals surface area contributed by atoms with Gasteiger partial charge in [-0.2, -0.15) is 5.10 Å². The van der Waals surface area contributed by atoms with E-state index in [0.717, 1.165) is 75.8 Å². The van der Waals surface area contributed by atoms with Gasteiger partial charge in [0.15, 0.2) is 11.5 Å². The second-order valence-corrected chi connectivity index (χ2v) is 8.01. The van der Waals surface area contributed by atoms with Crippen molar-refractivity contribution in [3.8, 4) is 5.88 Å². The van der Waals surface area contributed by atoms with Crippen LogP contribution in [0.4, 0.5) is 5.69 Å². The zero-order valence-corrected chi connectivity index (χ0v) is 17.4. The Morgan fingerprint density at radius 3 is 2.93 bits per heavy atom. The molecule has 3 aromatic heterocycles. The number of likely N-dealkylation sites (tertiary alicyclic amines) is 1. The van der Waals surface area contributed by atoms with Crippen LogP contribution < -0.4 is 9.64 Å². The standard InChI is InChI=1S/C22H28N6O2/c1-29-22-18(4-2-8-23-22)15-26-9-3-5-17(14-26)21-24-20-7-6-19(16-28(20)25-21)27-10-12-30-13-11-27/h2,4,6-8,16-17H,3,5,9-15H2,1H3/t17-/m0/s1. The van der Waals surface area contributed by atoms with Crippen molar-refractivity contribution in [1.29, 1.82) is 0 Å². The maximum absolute atomic E-state index is 5.47. The molecular formula is C22H28N6O2. The van der Waals surface area contributed by atoms with Crippen LogP contribution in [0.25, 0.3) is 5.65 Å². The van der Waals surface area contributed by atoms with E-state index in [1.165, 1.54) is 5.69 Å². The number of morpholine rings is 1. The maximum atomic E-state index is 5.47. The molecule has 2 aliphatic rings. The first-order chi connectivity index (χ1) is 14.8. The number of aromatic nitrogens is 4. The Morgan fingerprint density at radius 2 is 2.07 bits per heavy atom. The van der Waals surface area contributed by atoms with Crippen molar-refractivity contribution in [2.24, 2.45) is 0 Å². The van der Waals surface area contributed by atoms with Crippen LogP contribution in [0.3, 0.4) is 0 Å². The van der Waals surface area contributed by atoms with E-state index < -0.39 is 0 Å². The van der Waals surface area contributed by atoms with Crippen molar-refractivity contribution in [2.45, 2.75) is 25.3 Å². The average molecular weight is 409 g/mol. The average Bonchev–Trinajstić information content (AvgIpc) is 3.24. The van der Waals surface area contributed by atoms with Gasteiger partial charge in [-0.05, 0) is 37.6 Å². The predicted octanol–water partition coefficient (Wildman–Crippen LogP) is 2.35. The van der Waals surface area contributed by atoms with Crippen molar-refractivity contribution >= 4 is 11.3 Å². The molecule has 30 heavy (non-hydrogen) atoms. The molecule has 5 rings (SSSR count). The Kier molecular flexibility index (Phi) is 5.50. The van der Waals surface area contributed by atoms with Crippen LogP contribution in [-0.2, 0) is 11.3 Å². The predicted molar refractivity (Wildman–Crippen MR) is 114 cm³/mol. The van der Waals surface area contributed by atoms with Crippen LogP contribution in [0, 0.1) is 0 Å². The fourth-order valence-electron chi connectivity index (χ4n) is 4.45. The molecule has 0 saturated carbocycles. The molecule has 0 N–H and O–H groups in total. The van der Waals surface area contributed by atoms with Gasteiger partial charge in [0, 0.05) is 43.9 Å². The number of hydrogen-bond donors (Lipinski definition) is 0. The van der Waals surface area contributed by atoms with Crippen molar-refractivity contribution in [3.63, 3.8) is 0 Å². The van der Waals surface area contributed by atoms with E-state index in [-0.39, 0.29) is 0 Å². The van der Waals surface area contributed by atoms with Crippen LogP contribution in [0.1, 0.15) is 30.1 Å². The molecule has 0 spiro atoms. The van der Waals surface area contributed by atoms with E-state index in [1.807, 2.05) is 10.6 Å². The molecule has 8 nitrogen and oxygen atoms in total. The van der Waals surface area contributed by atoms with Gasteiger partial charge >= 0.3 is 0 Å². The molecule has 2 saturated heterocycles. The van der Waals surface area contributed by atoms with Crippen LogP contribution >= 0.6 is 0 Å². The zero-order valence-electron chi connectivity index (χ0n) is 17.4. The van der Waals surface area contributed by atoms with E-state index >= 15 is 0 Å². The van der Waals surface area contributed by atoms with Gasteiger partial charge in [0.05, 0.1) is 32.2 Å². The second-order valence-electron chi connectivity index (χ2n) is 8.01. The Bertz CT molecular complexity index is 1000. The Labute approximate surface area is 176 Å². The van der Waals surface area contributed by atoms with Crippen LogP contribution in [0.2, 0.25) is 0 Å². The van der Waals surface area contributed by atoms with Crippen molar-refractivity contribution in [2.75, 3.05) is 51.4 Å². The summed E-state index contributed by atoms with van der Waals surface area (Å²) in [6.07, 6.45) is 6.13. The van der Waals surface area contributed by atoms with Gasteiger partial charge in [-0.1, -0.05) is 6.07 Å². The van der Waals surface area contributed by atoms with Gasteiger partial charge in [0.1, 0.15) is 0 Å². The highest BCUT2D eigenvalue weighted by Crippen LogP contribution is 2.28. The number of ether oxygens (including phenoxy) is 2. The second kappa shape index (κ2) is 8.57. The van der Waals surface area contributed by atoms with Crippen LogP contribution in [0.15, 0.2) is 36.7 Å². The lowest BCUT2D eigenvalue weighted by atomic mass is 9.97. The molecule has 2 fully saturated rings. The van der Waals surface area contributed by atoms with Gasteiger partial charge in [-0.15, -0.1) is 0 Å². The highest BCUT2D eigenvalue weighted by molar-refractivity contribution is 5.51. The van der Waals surface area contributed by atoms with Crippen molar-refractivity contribution in [3.05, 3.63) is 48.0 Å². The molecule has 158 valence electrons. The van der Waals surface area contributed by atoms with E-state index in [0.29, 0.717) is 11.8 Å². The van der Waals surface area contributed by atoms with Crippen molar-refractivity contribution < 1.29 is 9.47 Å². The maximum Gasteiger partial charge on any atom is 0.217 e. The molecule has 0 aromatic carbocycles. The van der Waals surface area contributed by atoms with E-state index in [4.69, 9.17) is 19.6 Å². The molecule has 0 radical (unpaired) electrons. The summed E-state index contributed by atoms with van der Waals surface area (Å²) in [4.78, 5) is 14.0. The number of rotatable bonds is 5. The first-order valence-corrected chi connectivity index (χ1v) is 10.7. The Hall–Kier alpha value is -2.71. The molecule has 1 atom stereocenters. The van der Waals surface area contributed by atoms with E-state index in [2.05, 4.69) is 39.2 Å². The van der Waals surface area contributed by atoms with E-state index in [1.54, 1.807) is 13.3 Å². The monoisotopic (exact) mass is 408 g/mol. The quantitative estimate of drug-likeness (QED) is 0.642. The lowest BCUT2D eigenvalue weighted by Gasteiger charge is -2.31. The third-order valence-corrected chi connectivity index (χ3v) is 6.02. The topological polar surface area (TPSA) is 68.0 Å². The smallest absolute Gasteiger partial charge is 0.217 e. The lowest BCUT2D eigenvalue weighted by molar-refractivity contribution is 0.122. The van der Waals surface area contributed by atoms with Gasteiger partial charge in [-0.3, -0.25) is 4.90 Å². The minimum atomic E-state index is 0.341. The fraction of sp³-hybridized carbons (Fsp3) is 0.500. The van der Waals surface area contributed by atoms with Crippen LogP contribution in [0.5, 0.6) is 5.88 Å². The SMILES string of the molecule is COc1ncccc1CN1CCC[C@H](c2nc3ccc(N4CCOCC4)cn3n2)C1. The number of fused-ring (bicyclic) bond motifs is 1. The molecule has 0 amide bonds. The molecule has 0 unspecified atom stereocenters. The number of nitrogens with zero attached hydrogens (tertiary/aromatic N) is 6. The highest BCUT2D eigenvalue weighted by atomic mass is 16.5. The lowest BCUT2D eigenvalue weighted by Crippen LogP contribution is -2.36. The molecular weight excluding hydrogens is 380 g/mol. The summed E-state index contributed by atoms with van der Waals surface area (Å²) in [6.45, 7) is 6.25. The summed E-state index contributed by atoms with van der Waals surface area (Å²) >= 11 is 0. The van der Waals surface area contributed by atoms with Crippen molar-refractivity contribution in [1.82, 2.24) is 24.5 Å². The van der Waals surface area contributed by atoms with Crippen LogP contribution in [-0.4, -0.2) is 71.0 Å². The van der Waals surface area contributed by atoms with Gasteiger partial charge < -0.3 is 14.4 Å². The largest absolute Gasteiger partial charge is 0.481 e. The third-order valence-electron chi connectivity index (χ3n) is 6.02. The Morgan fingerprint density at radius 1 is 1.17 bits per heavy atom. The molecule has 8 heteroatoms. The molecule has 2 aliphatic heterocycles. The van der Waals surface area contributed by atoms with E-state index in [9.17, 15) is 0 Å². The summed E-state index contributed by atoms with van der Waals surface area (Å²) in [7, 11) is 1.68. The summed E-state index contributed by atoms with van der Waals surface area (Å²) < 4.78 is 12.8. The number of anilines is 1. The minimum absolute atomic E-state index is 0.341. The summed E-state index contributed by atoms with van der Waals surface area (Å²) in [5, 5.41) is 4.85. The normalized spacial score (nSPS) is 20.6. The summed E-state index contributed by atoms with van der Waals surface area (Å²) in [5.74, 6) is 1.99. The molecule has 0 bridgehead atoms. The first-order valence-electron chi connectivity index (χ1n) is 10.7. The number of pyridine rings is 2. The summed E-state index contributed by atoms with van der Waals surface area (Å²) in [6, 6.07) is 8.27. The fourth-order valence-corrected chi connectivity index (χ4v) is 4.45.